The van der Waals surface area contributed by atoms with Crippen LogP contribution in [0.15, 0.2) is 0 Å². The molecule has 0 heterocycles. The van der Waals surface area contributed by atoms with Gasteiger partial charge in [-0.2, -0.15) is 0 Å². The molecule has 0 aromatic carbocycles. The molecule has 0 bridgehead atoms. The van der Waals surface area contributed by atoms with Gasteiger partial charge in [-0.15, -0.1) is 0 Å². The van der Waals surface area contributed by atoms with Crippen molar-refractivity contribution in [2.24, 2.45) is 0 Å². The molecule has 1 nitrogen and oxygen atoms in total. The quantitative estimate of drug-likeness (QED) is 0.525. The van der Waals surface area contributed by atoms with Crippen LogP contribution in [0.3, 0.4) is 0 Å². The lowest BCUT2D eigenvalue weighted by Gasteiger charge is -2.23. The molecule has 0 aromatic heterocycles. The van der Waals surface area contributed by atoms with Crippen LogP contribution in [0.1, 0.15) is 27.7 Å². The number of hydrogen-bond donors (Lipinski definition) is 0. The number of rotatable bonds is 2. The normalized spacial score (nSPS) is 12.0. The molecule has 0 unspecified atom stereocenters. The zero-order valence-electron chi connectivity index (χ0n) is 6.10. The summed E-state index contributed by atoms with van der Waals surface area (Å²) in [5.41, 5.74) is 0. The summed E-state index contributed by atoms with van der Waals surface area (Å²) in [4.78, 5) is 1.58. The van der Waals surface area contributed by atoms with Crippen LogP contribution >= 0.6 is 0 Å². The van der Waals surface area contributed by atoms with Crippen molar-refractivity contribution in [3.8, 4) is 0 Å². The predicted molar refractivity (Wildman–Crippen MR) is 35.4 cm³/mol. The predicted octanol–water partition coefficient (Wildman–Crippen LogP) is 1.65. The van der Waals surface area contributed by atoms with Crippen LogP contribution in [0.2, 0.25) is 0 Å². The van der Waals surface area contributed by atoms with E-state index < -0.39 is 0 Å². The van der Waals surface area contributed by atoms with Crippen LogP contribution < -0.4 is 0 Å². The van der Waals surface area contributed by atoms with E-state index in [9.17, 15) is 0 Å². The SMILES string of the molecule is [C]N(C(C)C)C(C)C. The second-order valence-corrected chi connectivity index (χ2v) is 2.59. The number of nitrogens with zero attached hydrogens (tertiary/aromatic N) is 1. The van der Waals surface area contributed by atoms with Crippen molar-refractivity contribution in [3.05, 3.63) is 7.05 Å². The Hall–Kier alpha value is -0.0400. The maximum atomic E-state index is 7.31. The Morgan fingerprint density at radius 2 is 1.25 bits per heavy atom. The molecule has 0 saturated heterocycles. The Morgan fingerprint density at radius 3 is 1.25 bits per heavy atom. The van der Waals surface area contributed by atoms with E-state index in [0.717, 1.165) is 0 Å². The van der Waals surface area contributed by atoms with Gasteiger partial charge in [0.05, 0.1) is 7.05 Å². The van der Waals surface area contributed by atoms with E-state index in [-0.39, 0.29) is 0 Å². The first-order chi connectivity index (χ1) is 3.55. The Kier molecular flexibility index (Phi) is 3.06. The van der Waals surface area contributed by atoms with Crippen molar-refractivity contribution in [2.45, 2.75) is 39.8 Å². The van der Waals surface area contributed by atoms with E-state index in [4.69, 9.17) is 7.05 Å². The first-order valence-corrected chi connectivity index (χ1v) is 3.05. The first kappa shape index (κ1) is 7.96. The lowest BCUT2D eigenvalue weighted by molar-refractivity contribution is 0.251. The molecule has 0 spiro atoms. The minimum absolute atomic E-state index is 0.343. The van der Waals surface area contributed by atoms with Gasteiger partial charge in [-0.05, 0) is 27.7 Å². The maximum Gasteiger partial charge on any atom is 0.0887 e. The molecule has 0 aliphatic rings. The van der Waals surface area contributed by atoms with E-state index >= 15 is 0 Å². The van der Waals surface area contributed by atoms with Gasteiger partial charge in [-0.25, -0.2) is 0 Å². The molecule has 0 aliphatic heterocycles. The van der Waals surface area contributed by atoms with Crippen molar-refractivity contribution in [1.82, 2.24) is 4.90 Å². The van der Waals surface area contributed by atoms with Gasteiger partial charge in [0.1, 0.15) is 0 Å². The fraction of sp³-hybridized carbons (Fsp3) is 0.857. The average Bonchev–Trinajstić information content (AvgIpc) is 1.64. The monoisotopic (exact) mass is 112 g/mol. The van der Waals surface area contributed by atoms with Gasteiger partial charge < -0.3 is 0 Å². The molecular weight excluding hydrogens is 98.1 g/mol. The van der Waals surface area contributed by atoms with Gasteiger partial charge in [0.15, 0.2) is 0 Å². The summed E-state index contributed by atoms with van der Waals surface area (Å²) in [6.07, 6.45) is 0. The lowest BCUT2D eigenvalue weighted by atomic mass is 10.3. The second-order valence-electron chi connectivity index (χ2n) is 2.59. The molecule has 0 saturated carbocycles. The van der Waals surface area contributed by atoms with Crippen molar-refractivity contribution in [1.29, 1.82) is 0 Å². The highest BCUT2D eigenvalue weighted by molar-refractivity contribution is 4.64. The van der Waals surface area contributed by atoms with Crippen LogP contribution in [-0.2, 0) is 0 Å². The molecular formula is C7H14N. The van der Waals surface area contributed by atoms with Gasteiger partial charge in [0.2, 0.25) is 0 Å². The number of hydrogen-bond acceptors (Lipinski definition) is 1. The van der Waals surface area contributed by atoms with Gasteiger partial charge in [0, 0.05) is 12.1 Å². The maximum absolute atomic E-state index is 7.31. The Balaban J connectivity index is 3.46. The van der Waals surface area contributed by atoms with E-state index in [2.05, 4.69) is 0 Å². The van der Waals surface area contributed by atoms with Crippen LogP contribution in [0.5, 0.6) is 0 Å². The van der Waals surface area contributed by atoms with Gasteiger partial charge in [-0.3, -0.25) is 4.90 Å². The molecule has 3 radical (unpaired) electrons. The standard InChI is InChI=1S/C7H14N/c1-6(2)8(5)7(3)4/h6-7H,1-4H3. The summed E-state index contributed by atoms with van der Waals surface area (Å²) < 4.78 is 0. The Labute approximate surface area is 52.7 Å². The smallest absolute Gasteiger partial charge is 0.0887 e. The fourth-order valence-corrected chi connectivity index (χ4v) is 0.596. The van der Waals surface area contributed by atoms with Crippen molar-refractivity contribution < 1.29 is 0 Å². The highest BCUT2D eigenvalue weighted by atomic mass is 15.1. The van der Waals surface area contributed by atoms with Crippen LogP contribution in [0, 0.1) is 7.05 Å². The summed E-state index contributed by atoms with van der Waals surface area (Å²) >= 11 is 0. The van der Waals surface area contributed by atoms with Gasteiger partial charge in [-0.1, -0.05) is 0 Å². The largest absolute Gasteiger partial charge is 0.287 e. The zero-order chi connectivity index (χ0) is 6.73. The molecule has 0 fully saturated rings. The average molecular weight is 112 g/mol. The summed E-state index contributed by atoms with van der Waals surface area (Å²) in [6, 6.07) is 0.685. The van der Waals surface area contributed by atoms with Crippen molar-refractivity contribution in [3.63, 3.8) is 0 Å². The summed E-state index contributed by atoms with van der Waals surface area (Å²) in [5.74, 6) is 0. The third-order valence-electron chi connectivity index (χ3n) is 1.11. The van der Waals surface area contributed by atoms with E-state index in [1.807, 2.05) is 27.7 Å². The van der Waals surface area contributed by atoms with E-state index in [0.29, 0.717) is 12.1 Å². The Morgan fingerprint density at radius 1 is 1.00 bits per heavy atom. The highest BCUT2D eigenvalue weighted by Crippen LogP contribution is 2.00. The molecule has 0 rings (SSSR count). The molecule has 0 amide bonds. The molecule has 0 aromatic rings. The van der Waals surface area contributed by atoms with Crippen molar-refractivity contribution in [2.75, 3.05) is 0 Å². The molecule has 0 atom stereocenters. The summed E-state index contributed by atoms with van der Waals surface area (Å²) in [7, 11) is 7.31. The molecule has 0 N–H and O–H groups in total. The zero-order valence-corrected chi connectivity index (χ0v) is 6.10. The third-order valence-corrected chi connectivity index (χ3v) is 1.11. The van der Waals surface area contributed by atoms with Crippen LogP contribution in [0.25, 0.3) is 0 Å². The van der Waals surface area contributed by atoms with E-state index in [1.54, 1.807) is 4.90 Å². The Bertz CT molecular complexity index is 49.4. The fourth-order valence-electron chi connectivity index (χ4n) is 0.596. The summed E-state index contributed by atoms with van der Waals surface area (Å²) in [6.45, 7) is 8.08. The summed E-state index contributed by atoms with van der Waals surface area (Å²) in [5, 5.41) is 0. The molecule has 47 valence electrons. The third kappa shape index (κ3) is 2.31. The highest BCUT2D eigenvalue weighted by Gasteiger charge is 2.05. The lowest BCUT2D eigenvalue weighted by Crippen LogP contribution is -2.30. The van der Waals surface area contributed by atoms with Crippen LogP contribution in [-0.4, -0.2) is 17.0 Å². The molecule has 1 heteroatoms. The minimum Gasteiger partial charge on any atom is -0.287 e. The minimum atomic E-state index is 0.343. The van der Waals surface area contributed by atoms with Gasteiger partial charge >= 0.3 is 0 Å². The topological polar surface area (TPSA) is 3.24 Å². The van der Waals surface area contributed by atoms with Crippen LogP contribution in [0.4, 0.5) is 0 Å². The second kappa shape index (κ2) is 3.08. The first-order valence-electron chi connectivity index (χ1n) is 3.05. The van der Waals surface area contributed by atoms with Crippen molar-refractivity contribution >= 4 is 0 Å². The molecule has 8 heavy (non-hydrogen) atoms. The van der Waals surface area contributed by atoms with E-state index in [1.165, 1.54) is 0 Å². The molecule has 0 aliphatic carbocycles. The van der Waals surface area contributed by atoms with Gasteiger partial charge in [0.25, 0.3) is 0 Å².